The number of nitrogens with one attached hydrogen (secondary N) is 1. The average Bonchev–Trinajstić information content (AvgIpc) is 2.69. The molecule has 1 N–H and O–H groups in total. The van der Waals surface area contributed by atoms with E-state index in [4.69, 9.17) is 0 Å². The quantitative estimate of drug-likeness (QED) is 0.688. The molecule has 0 unspecified atom stereocenters. The number of rotatable bonds is 1. The first-order valence-corrected chi connectivity index (χ1v) is 5.40. The lowest BCUT2D eigenvalue weighted by molar-refractivity contribution is 0.889. The Morgan fingerprint density at radius 2 is 1.94 bits per heavy atom. The lowest BCUT2D eigenvalue weighted by Gasteiger charge is -2.01. The minimum absolute atomic E-state index is 0.0952. The number of H-pyrrole nitrogens is 1. The molecule has 2 aromatic heterocycles. The van der Waals surface area contributed by atoms with Gasteiger partial charge in [0.1, 0.15) is 0 Å². The number of aromatic amines is 1. The molecule has 0 spiro atoms. The summed E-state index contributed by atoms with van der Waals surface area (Å²) in [4.78, 5) is 14.4. The Morgan fingerprint density at radius 3 is 2.71 bits per heavy atom. The van der Waals surface area contributed by atoms with Gasteiger partial charge in [-0.15, -0.1) is 0 Å². The van der Waals surface area contributed by atoms with Crippen LogP contribution in [0.1, 0.15) is 5.69 Å². The zero-order valence-corrected chi connectivity index (χ0v) is 9.34. The van der Waals surface area contributed by atoms with E-state index in [0.29, 0.717) is 5.39 Å². The molecular formula is C13H11N3O. The number of aromatic nitrogens is 3. The summed E-state index contributed by atoms with van der Waals surface area (Å²) in [5.74, 6) is 0. The Bertz CT molecular complexity index is 725. The number of hydrogen-bond acceptors (Lipinski definition) is 2. The largest absolute Gasteiger partial charge is 0.328 e. The predicted molar refractivity (Wildman–Crippen MR) is 66.4 cm³/mol. The van der Waals surface area contributed by atoms with Crippen molar-refractivity contribution in [1.29, 1.82) is 0 Å². The van der Waals surface area contributed by atoms with Crippen LogP contribution in [-0.4, -0.2) is 14.8 Å². The van der Waals surface area contributed by atoms with Crippen molar-refractivity contribution in [3.05, 3.63) is 58.6 Å². The highest BCUT2D eigenvalue weighted by Gasteiger charge is 2.10. The SMILES string of the molecule is Cc1nn(-c2ccccc2)c2cc[nH]c(=O)c12. The lowest BCUT2D eigenvalue weighted by Crippen LogP contribution is -2.04. The van der Waals surface area contributed by atoms with Crippen molar-refractivity contribution in [2.45, 2.75) is 6.92 Å². The first-order valence-electron chi connectivity index (χ1n) is 5.40. The maximum absolute atomic E-state index is 11.7. The maximum Gasteiger partial charge on any atom is 0.259 e. The van der Waals surface area contributed by atoms with E-state index in [1.807, 2.05) is 43.3 Å². The van der Waals surface area contributed by atoms with E-state index in [1.54, 1.807) is 10.9 Å². The molecule has 4 nitrogen and oxygen atoms in total. The molecule has 1 aromatic carbocycles. The third-order valence-corrected chi connectivity index (χ3v) is 2.78. The van der Waals surface area contributed by atoms with Crippen molar-refractivity contribution in [3.8, 4) is 5.69 Å². The number of hydrogen-bond donors (Lipinski definition) is 1. The zero-order valence-electron chi connectivity index (χ0n) is 9.34. The monoisotopic (exact) mass is 225 g/mol. The molecule has 0 fully saturated rings. The number of nitrogens with zero attached hydrogens (tertiary/aromatic N) is 2. The molecule has 0 aliphatic rings. The van der Waals surface area contributed by atoms with Crippen LogP contribution in [0.4, 0.5) is 0 Å². The molecule has 0 radical (unpaired) electrons. The van der Waals surface area contributed by atoms with E-state index in [-0.39, 0.29) is 5.56 Å². The van der Waals surface area contributed by atoms with Gasteiger partial charge in [-0.05, 0) is 25.1 Å². The molecule has 4 heteroatoms. The topological polar surface area (TPSA) is 50.7 Å². The van der Waals surface area contributed by atoms with Crippen molar-refractivity contribution >= 4 is 10.9 Å². The highest BCUT2D eigenvalue weighted by molar-refractivity contribution is 5.82. The molecule has 3 rings (SSSR count). The smallest absolute Gasteiger partial charge is 0.259 e. The fourth-order valence-electron chi connectivity index (χ4n) is 2.01. The number of para-hydroxylation sites is 1. The molecule has 0 atom stereocenters. The fourth-order valence-corrected chi connectivity index (χ4v) is 2.01. The molecule has 0 amide bonds. The van der Waals surface area contributed by atoms with Crippen molar-refractivity contribution in [1.82, 2.24) is 14.8 Å². The summed E-state index contributed by atoms with van der Waals surface area (Å²) in [6.45, 7) is 1.84. The van der Waals surface area contributed by atoms with Crippen LogP contribution in [0.5, 0.6) is 0 Å². The second kappa shape index (κ2) is 3.59. The van der Waals surface area contributed by atoms with E-state index in [1.165, 1.54) is 0 Å². The van der Waals surface area contributed by atoms with Gasteiger partial charge in [-0.2, -0.15) is 5.10 Å². The van der Waals surface area contributed by atoms with E-state index >= 15 is 0 Å². The molecule has 3 aromatic rings. The standard InChI is InChI=1S/C13H11N3O/c1-9-12-11(7-8-14-13(12)17)16(15-9)10-5-3-2-4-6-10/h2-8H,1H3,(H,14,17). The Labute approximate surface area is 97.5 Å². The molecule has 0 saturated carbocycles. The summed E-state index contributed by atoms with van der Waals surface area (Å²) in [5.41, 5.74) is 2.43. The van der Waals surface area contributed by atoms with Gasteiger partial charge < -0.3 is 4.98 Å². The molecule has 84 valence electrons. The normalized spacial score (nSPS) is 10.9. The van der Waals surface area contributed by atoms with Gasteiger partial charge in [0.25, 0.3) is 5.56 Å². The molecule has 0 saturated heterocycles. The summed E-state index contributed by atoms with van der Waals surface area (Å²) in [7, 11) is 0. The van der Waals surface area contributed by atoms with Crippen molar-refractivity contribution < 1.29 is 0 Å². The third-order valence-electron chi connectivity index (χ3n) is 2.78. The minimum atomic E-state index is -0.0952. The second-order valence-electron chi connectivity index (χ2n) is 3.90. The Hall–Kier alpha value is -2.36. The molecule has 0 bridgehead atoms. The lowest BCUT2D eigenvalue weighted by atomic mass is 10.2. The first-order chi connectivity index (χ1) is 8.27. The van der Waals surface area contributed by atoms with Gasteiger partial charge >= 0.3 is 0 Å². The number of fused-ring (bicyclic) bond motifs is 1. The van der Waals surface area contributed by atoms with Gasteiger partial charge in [0.05, 0.1) is 22.3 Å². The molecular weight excluding hydrogens is 214 g/mol. The van der Waals surface area contributed by atoms with E-state index in [9.17, 15) is 4.79 Å². The Morgan fingerprint density at radius 1 is 1.18 bits per heavy atom. The van der Waals surface area contributed by atoms with Crippen LogP contribution in [-0.2, 0) is 0 Å². The summed E-state index contributed by atoms with van der Waals surface area (Å²) in [5, 5.41) is 5.07. The van der Waals surface area contributed by atoms with Crippen molar-refractivity contribution in [2.24, 2.45) is 0 Å². The van der Waals surface area contributed by atoms with Crippen LogP contribution >= 0.6 is 0 Å². The van der Waals surface area contributed by atoms with Crippen LogP contribution in [0, 0.1) is 6.92 Å². The van der Waals surface area contributed by atoms with Crippen molar-refractivity contribution in [2.75, 3.05) is 0 Å². The Kier molecular flexibility index (Phi) is 2.08. The van der Waals surface area contributed by atoms with Gasteiger partial charge in [-0.3, -0.25) is 4.79 Å². The third kappa shape index (κ3) is 1.45. The van der Waals surface area contributed by atoms with Gasteiger partial charge in [-0.1, -0.05) is 18.2 Å². The van der Waals surface area contributed by atoms with Gasteiger partial charge in [0, 0.05) is 6.20 Å². The van der Waals surface area contributed by atoms with Gasteiger partial charge in [0.15, 0.2) is 0 Å². The highest BCUT2D eigenvalue weighted by atomic mass is 16.1. The van der Waals surface area contributed by atoms with E-state index in [2.05, 4.69) is 10.1 Å². The molecule has 0 aliphatic heterocycles. The number of benzene rings is 1. The fraction of sp³-hybridized carbons (Fsp3) is 0.0769. The number of pyridine rings is 1. The highest BCUT2D eigenvalue weighted by Crippen LogP contribution is 2.17. The Balaban J connectivity index is 2.40. The minimum Gasteiger partial charge on any atom is -0.328 e. The predicted octanol–water partition coefficient (Wildman–Crippen LogP) is 2.02. The summed E-state index contributed by atoms with van der Waals surface area (Å²) in [6.07, 6.45) is 1.64. The molecule has 17 heavy (non-hydrogen) atoms. The average molecular weight is 225 g/mol. The maximum atomic E-state index is 11.7. The second-order valence-corrected chi connectivity index (χ2v) is 3.90. The van der Waals surface area contributed by atoms with Crippen LogP contribution in [0.3, 0.4) is 0 Å². The van der Waals surface area contributed by atoms with Gasteiger partial charge in [-0.25, -0.2) is 4.68 Å². The van der Waals surface area contributed by atoms with Crippen LogP contribution in [0.15, 0.2) is 47.4 Å². The molecule has 0 aliphatic carbocycles. The summed E-state index contributed by atoms with van der Waals surface area (Å²) >= 11 is 0. The van der Waals surface area contributed by atoms with Crippen molar-refractivity contribution in [3.63, 3.8) is 0 Å². The van der Waals surface area contributed by atoms with Crippen LogP contribution in [0.25, 0.3) is 16.6 Å². The summed E-state index contributed by atoms with van der Waals surface area (Å²) in [6, 6.07) is 11.6. The van der Waals surface area contributed by atoms with E-state index < -0.39 is 0 Å². The zero-order chi connectivity index (χ0) is 11.8. The number of aryl methyl sites for hydroxylation is 1. The van der Waals surface area contributed by atoms with Gasteiger partial charge in [0.2, 0.25) is 0 Å². The van der Waals surface area contributed by atoms with Crippen LogP contribution in [0.2, 0.25) is 0 Å². The summed E-state index contributed by atoms with van der Waals surface area (Å²) < 4.78 is 1.79. The first kappa shape index (κ1) is 9.84. The van der Waals surface area contributed by atoms with Crippen LogP contribution < -0.4 is 5.56 Å². The molecule has 2 heterocycles. The van der Waals surface area contributed by atoms with E-state index in [0.717, 1.165) is 16.9 Å².